The molecule has 0 spiro atoms. The molecule has 1 aromatic carbocycles. The summed E-state index contributed by atoms with van der Waals surface area (Å²) < 4.78 is 6.04. The largest absolute Gasteiger partial charge is 0.397 e. The van der Waals surface area contributed by atoms with Crippen molar-refractivity contribution in [2.75, 3.05) is 33.0 Å². The SMILES string of the molecule is COCCCN(C)C(=O)c1sc2ccccc2c1N. The maximum Gasteiger partial charge on any atom is 0.265 e. The lowest BCUT2D eigenvalue weighted by atomic mass is 10.2. The number of nitrogens with zero attached hydrogens (tertiary/aromatic N) is 1. The third kappa shape index (κ3) is 2.88. The normalized spacial score (nSPS) is 10.8. The standard InChI is InChI=1S/C14H18N2O2S/c1-16(8-5-9-18-2)14(17)13-12(15)10-6-3-4-7-11(10)19-13/h3-4,6-7H,5,8-9,15H2,1-2H3. The van der Waals surface area contributed by atoms with Crippen molar-refractivity contribution < 1.29 is 9.53 Å². The molecule has 2 N–H and O–H groups in total. The van der Waals surface area contributed by atoms with E-state index in [2.05, 4.69) is 0 Å². The molecule has 1 amide bonds. The number of hydrogen-bond donors (Lipinski definition) is 1. The minimum Gasteiger partial charge on any atom is -0.397 e. The van der Waals surface area contributed by atoms with Crippen molar-refractivity contribution >= 4 is 33.0 Å². The zero-order valence-electron chi connectivity index (χ0n) is 11.2. The first-order valence-corrected chi connectivity index (χ1v) is 6.98. The lowest BCUT2D eigenvalue weighted by molar-refractivity contribution is 0.0785. The second-order valence-corrected chi connectivity index (χ2v) is 5.47. The predicted octanol–water partition coefficient (Wildman–Crippen LogP) is 2.59. The van der Waals surface area contributed by atoms with Crippen LogP contribution in [0.4, 0.5) is 5.69 Å². The summed E-state index contributed by atoms with van der Waals surface area (Å²) in [6, 6.07) is 7.82. The third-order valence-electron chi connectivity index (χ3n) is 3.02. The Morgan fingerprint density at radius 3 is 2.84 bits per heavy atom. The number of methoxy groups -OCH3 is 1. The number of nitrogen functional groups attached to an aromatic ring is 1. The molecule has 19 heavy (non-hydrogen) atoms. The lowest BCUT2D eigenvalue weighted by Gasteiger charge is -2.16. The molecule has 0 bridgehead atoms. The number of benzene rings is 1. The van der Waals surface area contributed by atoms with Crippen LogP contribution < -0.4 is 5.73 Å². The van der Waals surface area contributed by atoms with Crippen molar-refractivity contribution in [3.8, 4) is 0 Å². The van der Waals surface area contributed by atoms with Gasteiger partial charge in [-0.15, -0.1) is 11.3 Å². The fourth-order valence-corrected chi connectivity index (χ4v) is 3.06. The lowest BCUT2D eigenvalue weighted by Crippen LogP contribution is -2.28. The van der Waals surface area contributed by atoms with E-state index in [-0.39, 0.29) is 5.91 Å². The molecule has 1 aromatic heterocycles. The summed E-state index contributed by atoms with van der Waals surface area (Å²) in [5.74, 6) is -0.0187. The summed E-state index contributed by atoms with van der Waals surface area (Å²) in [4.78, 5) is 14.7. The minimum absolute atomic E-state index is 0.0187. The molecule has 0 aliphatic heterocycles. The van der Waals surface area contributed by atoms with Crippen LogP contribution in [0.1, 0.15) is 16.1 Å². The van der Waals surface area contributed by atoms with Gasteiger partial charge in [0.1, 0.15) is 4.88 Å². The highest BCUT2D eigenvalue weighted by Crippen LogP contribution is 2.33. The maximum absolute atomic E-state index is 12.3. The number of carbonyl (C=O) groups is 1. The van der Waals surface area contributed by atoms with Crippen LogP contribution in [0.5, 0.6) is 0 Å². The van der Waals surface area contributed by atoms with Crippen LogP contribution in [0.2, 0.25) is 0 Å². The van der Waals surface area contributed by atoms with E-state index in [9.17, 15) is 4.79 Å². The zero-order valence-corrected chi connectivity index (χ0v) is 12.0. The minimum atomic E-state index is -0.0187. The van der Waals surface area contributed by atoms with Crippen molar-refractivity contribution in [1.82, 2.24) is 4.90 Å². The maximum atomic E-state index is 12.3. The van der Waals surface area contributed by atoms with Gasteiger partial charge in [0.2, 0.25) is 0 Å². The number of fused-ring (bicyclic) bond motifs is 1. The Morgan fingerprint density at radius 2 is 2.16 bits per heavy atom. The highest BCUT2D eigenvalue weighted by molar-refractivity contribution is 7.21. The second-order valence-electron chi connectivity index (χ2n) is 4.41. The Morgan fingerprint density at radius 1 is 1.42 bits per heavy atom. The third-order valence-corrected chi connectivity index (χ3v) is 4.19. The molecule has 0 fully saturated rings. The number of thiophene rings is 1. The number of hydrogen-bond acceptors (Lipinski definition) is 4. The molecule has 0 unspecified atom stereocenters. The average molecular weight is 278 g/mol. The first kappa shape index (κ1) is 13.8. The van der Waals surface area contributed by atoms with Crippen LogP contribution in [0, 0.1) is 0 Å². The summed E-state index contributed by atoms with van der Waals surface area (Å²) in [7, 11) is 3.45. The predicted molar refractivity (Wildman–Crippen MR) is 79.7 cm³/mol. The van der Waals surface area contributed by atoms with Gasteiger partial charge < -0.3 is 15.4 Å². The highest BCUT2D eigenvalue weighted by atomic mass is 32.1. The summed E-state index contributed by atoms with van der Waals surface area (Å²) in [5, 5.41) is 0.959. The molecular formula is C14H18N2O2S. The zero-order chi connectivity index (χ0) is 13.8. The molecule has 2 aromatic rings. The fourth-order valence-electron chi connectivity index (χ4n) is 1.95. The second kappa shape index (κ2) is 6.04. The number of ether oxygens (including phenoxy) is 1. The fraction of sp³-hybridized carbons (Fsp3) is 0.357. The van der Waals surface area contributed by atoms with Crippen LogP contribution in [0.15, 0.2) is 24.3 Å². The topological polar surface area (TPSA) is 55.6 Å². The van der Waals surface area contributed by atoms with Crippen LogP contribution >= 0.6 is 11.3 Å². The summed E-state index contributed by atoms with van der Waals surface area (Å²) in [5.41, 5.74) is 6.66. The molecule has 0 aliphatic carbocycles. The van der Waals surface area contributed by atoms with Gasteiger partial charge in [0.05, 0.1) is 5.69 Å². The number of amides is 1. The van der Waals surface area contributed by atoms with Gasteiger partial charge >= 0.3 is 0 Å². The van der Waals surface area contributed by atoms with Crippen LogP contribution in [0.25, 0.3) is 10.1 Å². The molecule has 0 saturated carbocycles. The van der Waals surface area contributed by atoms with E-state index in [1.807, 2.05) is 24.3 Å². The number of rotatable bonds is 5. The van der Waals surface area contributed by atoms with Gasteiger partial charge in [0.25, 0.3) is 5.91 Å². The van der Waals surface area contributed by atoms with Crippen molar-refractivity contribution in [3.05, 3.63) is 29.1 Å². The van der Waals surface area contributed by atoms with Gasteiger partial charge in [-0.25, -0.2) is 0 Å². The van der Waals surface area contributed by atoms with Gasteiger partial charge in [0, 0.05) is 37.4 Å². The highest BCUT2D eigenvalue weighted by Gasteiger charge is 2.19. The number of carbonyl (C=O) groups excluding carboxylic acids is 1. The van der Waals surface area contributed by atoms with Crippen molar-refractivity contribution in [3.63, 3.8) is 0 Å². The molecular weight excluding hydrogens is 260 g/mol. The Hall–Kier alpha value is -1.59. The monoisotopic (exact) mass is 278 g/mol. The van der Waals surface area contributed by atoms with Gasteiger partial charge in [-0.3, -0.25) is 4.79 Å². The van der Waals surface area contributed by atoms with E-state index >= 15 is 0 Å². The molecule has 102 valence electrons. The number of anilines is 1. The van der Waals surface area contributed by atoms with Crippen LogP contribution in [-0.4, -0.2) is 38.1 Å². The van der Waals surface area contributed by atoms with Gasteiger partial charge in [0.15, 0.2) is 0 Å². The van der Waals surface area contributed by atoms with Crippen LogP contribution in [-0.2, 0) is 4.74 Å². The summed E-state index contributed by atoms with van der Waals surface area (Å²) in [6.45, 7) is 1.32. The summed E-state index contributed by atoms with van der Waals surface area (Å²) in [6.07, 6.45) is 0.823. The van der Waals surface area contributed by atoms with E-state index in [1.165, 1.54) is 11.3 Å². The molecule has 0 atom stereocenters. The molecule has 5 heteroatoms. The van der Waals surface area contributed by atoms with Crippen LogP contribution in [0.3, 0.4) is 0 Å². The quantitative estimate of drug-likeness (QED) is 0.855. The van der Waals surface area contributed by atoms with E-state index in [4.69, 9.17) is 10.5 Å². The van der Waals surface area contributed by atoms with Gasteiger partial charge in [-0.1, -0.05) is 18.2 Å². The Balaban J connectivity index is 2.19. The van der Waals surface area contributed by atoms with Crippen molar-refractivity contribution in [2.45, 2.75) is 6.42 Å². The molecule has 4 nitrogen and oxygen atoms in total. The number of nitrogens with two attached hydrogens (primary N) is 1. The smallest absolute Gasteiger partial charge is 0.265 e. The van der Waals surface area contributed by atoms with E-state index < -0.39 is 0 Å². The molecule has 2 rings (SSSR count). The molecule has 0 radical (unpaired) electrons. The first-order chi connectivity index (χ1) is 9.15. The van der Waals surface area contributed by atoms with Gasteiger partial charge in [-0.2, -0.15) is 0 Å². The Kier molecular flexibility index (Phi) is 4.39. The van der Waals surface area contributed by atoms with Crippen molar-refractivity contribution in [2.24, 2.45) is 0 Å². The van der Waals surface area contributed by atoms with E-state index in [1.54, 1.807) is 19.1 Å². The van der Waals surface area contributed by atoms with E-state index in [0.29, 0.717) is 23.7 Å². The van der Waals surface area contributed by atoms with E-state index in [0.717, 1.165) is 16.5 Å². The van der Waals surface area contributed by atoms with Gasteiger partial charge in [-0.05, 0) is 12.5 Å². The molecule has 1 heterocycles. The van der Waals surface area contributed by atoms with Crippen molar-refractivity contribution in [1.29, 1.82) is 0 Å². The Bertz CT molecular complexity index is 580. The summed E-state index contributed by atoms with van der Waals surface area (Å²) >= 11 is 1.45. The molecule has 0 saturated heterocycles. The average Bonchev–Trinajstić information content (AvgIpc) is 2.76. The first-order valence-electron chi connectivity index (χ1n) is 6.16. The Labute approximate surface area is 116 Å². The molecule has 0 aliphatic rings.